The smallest absolute Gasteiger partial charge is 0.337 e. The van der Waals surface area contributed by atoms with Crippen LogP contribution in [0.5, 0.6) is 0 Å². The Hall–Kier alpha value is -2.57. The van der Waals surface area contributed by atoms with Gasteiger partial charge >= 0.3 is 5.97 Å². The minimum absolute atomic E-state index is 0.0396. The van der Waals surface area contributed by atoms with Gasteiger partial charge in [-0.1, -0.05) is 11.8 Å². The number of thioether (sulfide) groups is 1. The van der Waals surface area contributed by atoms with Crippen LogP contribution < -0.4 is 16.7 Å². The summed E-state index contributed by atoms with van der Waals surface area (Å²) in [6.07, 6.45) is 0.665. The summed E-state index contributed by atoms with van der Waals surface area (Å²) in [5.41, 5.74) is 0.160. The van der Waals surface area contributed by atoms with Crippen LogP contribution in [0.15, 0.2) is 23.3 Å². The van der Waals surface area contributed by atoms with Gasteiger partial charge in [-0.25, -0.2) is 10.6 Å². The maximum absolute atomic E-state index is 10.9. The molecular formula is C11H11N5O3S. The van der Waals surface area contributed by atoms with Crippen LogP contribution >= 0.6 is 11.8 Å². The molecule has 8 nitrogen and oxygen atoms in total. The largest absolute Gasteiger partial charge is 0.478 e. The predicted molar refractivity (Wildman–Crippen MR) is 74.9 cm³/mol. The number of carboxylic acid groups (broad SMARTS) is 1. The highest BCUT2D eigenvalue weighted by Crippen LogP contribution is 2.20. The number of amidine groups is 1. The molecule has 0 atom stereocenters. The van der Waals surface area contributed by atoms with Crippen LogP contribution in [0.3, 0.4) is 0 Å². The zero-order valence-corrected chi connectivity index (χ0v) is 11.0. The van der Waals surface area contributed by atoms with Gasteiger partial charge in [-0.2, -0.15) is 10.4 Å². The number of hydrazone groups is 1. The zero-order valence-electron chi connectivity index (χ0n) is 10.2. The van der Waals surface area contributed by atoms with Crippen molar-refractivity contribution >= 4 is 34.9 Å². The van der Waals surface area contributed by atoms with Gasteiger partial charge in [0.25, 0.3) is 0 Å². The van der Waals surface area contributed by atoms with Crippen molar-refractivity contribution in [3.05, 3.63) is 29.3 Å². The molecule has 5 N–H and O–H groups in total. The second-order valence-corrected chi connectivity index (χ2v) is 4.39. The van der Waals surface area contributed by atoms with Crippen LogP contribution in [-0.4, -0.2) is 28.3 Å². The van der Waals surface area contributed by atoms with E-state index in [0.717, 1.165) is 16.8 Å². The number of nitrogens with two attached hydrogens (primary N) is 2. The van der Waals surface area contributed by atoms with Crippen molar-refractivity contribution < 1.29 is 14.7 Å². The summed E-state index contributed by atoms with van der Waals surface area (Å²) in [6.45, 7) is 0. The molecule has 0 spiro atoms. The lowest BCUT2D eigenvalue weighted by atomic mass is 10.1. The van der Waals surface area contributed by atoms with E-state index in [1.54, 1.807) is 6.07 Å². The maximum Gasteiger partial charge on any atom is 0.337 e. The molecule has 0 saturated carbocycles. The highest BCUT2D eigenvalue weighted by atomic mass is 32.2. The first kappa shape index (κ1) is 15.5. The molecule has 20 heavy (non-hydrogen) atoms. The molecule has 1 aromatic rings. The number of hydrogen-bond donors (Lipinski definition) is 3. The second-order valence-electron chi connectivity index (χ2n) is 3.41. The van der Waals surface area contributed by atoms with E-state index in [2.05, 4.69) is 5.10 Å². The van der Waals surface area contributed by atoms with Crippen LogP contribution in [0.2, 0.25) is 0 Å². The number of hydrogen-bond acceptors (Lipinski definition) is 7. The Balaban J connectivity index is 3.11. The van der Waals surface area contributed by atoms with Crippen molar-refractivity contribution in [2.75, 3.05) is 10.8 Å². The molecule has 0 heterocycles. The Morgan fingerprint density at radius 2 is 2.30 bits per heavy atom. The third-order valence-corrected chi connectivity index (χ3v) is 3.09. The van der Waals surface area contributed by atoms with Gasteiger partial charge in [0.1, 0.15) is 12.4 Å². The number of nitriles is 1. The minimum Gasteiger partial charge on any atom is -0.478 e. The summed E-state index contributed by atoms with van der Waals surface area (Å²) in [7, 11) is 0. The maximum atomic E-state index is 10.9. The third-order valence-electron chi connectivity index (χ3n) is 2.23. The number of aldehydes is 1. The fourth-order valence-corrected chi connectivity index (χ4v) is 1.89. The normalized spacial score (nSPS) is 10.7. The summed E-state index contributed by atoms with van der Waals surface area (Å²) in [5, 5.41) is 22.5. The van der Waals surface area contributed by atoms with Crippen molar-refractivity contribution in [2.24, 2.45) is 16.8 Å². The molecule has 0 radical (unpaired) electrons. The quantitative estimate of drug-likeness (QED) is 0.233. The van der Waals surface area contributed by atoms with Crippen LogP contribution in [0, 0.1) is 11.3 Å². The van der Waals surface area contributed by atoms with Gasteiger partial charge in [-0.05, 0) is 18.2 Å². The Labute approximate surface area is 118 Å². The molecule has 0 amide bonds. The number of anilines is 1. The van der Waals surface area contributed by atoms with Crippen molar-refractivity contribution in [1.29, 1.82) is 5.26 Å². The number of hydrazine groups is 1. The zero-order chi connectivity index (χ0) is 15.1. The Morgan fingerprint density at radius 3 is 2.80 bits per heavy atom. The summed E-state index contributed by atoms with van der Waals surface area (Å²) in [5.74, 6) is 9.84. The SMILES string of the molecule is N#Cc1cc(N(N)/C(=N\N)SCC=O)ccc1C(=O)O. The first-order valence-electron chi connectivity index (χ1n) is 5.21. The number of benzene rings is 1. The van der Waals surface area contributed by atoms with E-state index in [1.165, 1.54) is 18.2 Å². The molecule has 0 aliphatic carbocycles. The molecule has 0 bridgehead atoms. The topological polar surface area (TPSA) is 146 Å². The third kappa shape index (κ3) is 3.47. The van der Waals surface area contributed by atoms with Crippen molar-refractivity contribution in [3.63, 3.8) is 0 Å². The van der Waals surface area contributed by atoms with E-state index in [0.29, 0.717) is 12.0 Å². The van der Waals surface area contributed by atoms with E-state index in [-0.39, 0.29) is 22.0 Å². The van der Waals surface area contributed by atoms with Gasteiger partial charge in [0.15, 0.2) is 0 Å². The first-order valence-corrected chi connectivity index (χ1v) is 6.20. The van der Waals surface area contributed by atoms with Gasteiger partial charge in [0.05, 0.1) is 22.6 Å². The molecule has 0 aromatic heterocycles. The van der Waals surface area contributed by atoms with Gasteiger partial charge in [0.2, 0.25) is 5.17 Å². The van der Waals surface area contributed by atoms with Gasteiger partial charge in [0, 0.05) is 0 Å². The van der Waals surface area contributed by atoms with Gasteiger partial charge in [-0.15, -0.1) is 0 Å². The summed E-state index contributed by atoms with van der Waals surface area (Å²) >= 11 is 1.01. The molecule has 0 unspecified atom stereocenters. The van der Waals surface area contributed by atoms with Crippen LogP contribution in [0.4, 0.5) is 5.69 Å². The number of nitrogens with zero attached hydrogens (tertiary/aromatic N) is 3. The number of carbonyl (C=O) groups is 2. The Bertz CT molecular complexity index is 596. The molecule has 0 aliphatic rings. The number of carbonyl (C=O) groups excluding carboxylic acids is 1. The second kappa shape index (κ2) is 7.13. The van der Waals surface area contributed by atoms with Crippen LogP contribution in [-0.2, 0) is 4.79 Å². The number of rotatable bonds is 4. The lowest BCUT2D eigenvalue weighted by Gasteiger charge is -2.19. The van der Waals surface area contributed by atoms with E-state index >= 15 is 0 Å². The highest BCUT2D eigenvalue weighted by molar-refractivity contribution is 8.14. The average molecular weight is 293 g/mol. The highest BCUT2D eigenvalue weighted by Gasteiger charge is 2.15. The fraction of sp³-hybridized carbons (Fsp3) is 0.0909. The fourth-order valence-electron chi connectivity index (χ4n) is 1.35. The molecule has 0 aliphatic heterocycles. The lowest BCUT2D eigenvalue weighted by Crippen LogP contribution is -2.36. The van der Waals surface area contributed by atoms with E-state index < -0.39 is 5.97 Å². The van der Waals surface area contributed by atoms with Crippen molar-refractivity contribution in [1.82, 2.24) is 0 Å². The Kier molecular flexibility index (Phi) is 5.52. The number of aromatic carboxylic acids is 1. The van der Waals surface area contributed by atoms with E-state index in [1.807, 2.05) is 0 Å². The molecule has 9 heteroatoms. The molecule has 0 fully saturated rings. The molecule has 1 aromatic carbocycles. The average Bonchev–Trinajstić information content (AvgIpc) is 2.46. The molecule has 0 saturated heterocycles. The standard InChI is InChI=1S/C11H11N5O3S/c12-6-7-5-8(1-2-9(7)10(18)19)16(14)11(15-13)20-4-3-17/h1-3,5H,4,13-14H2,(H,18,19)/b15-11+. The van der Waals surface area contributed by atoms with Gasteiger partial charge in [-0.3, -0.25) is 5.01 Å². The van der Waals surface area contributed by atoms with Crippen LogP contribution in [0.1, 0.15) is 15.9 Å². The van der Waals surface area contributed by atoms with Crippen molar-refractivity contribution in [2.45, 2.75) is 0 Å². The first-order chi connectivity index (χ1) is 9.54. The Morgan fingerprint density at radius 1 is 1.60 bits per heavy atom. The predicted octanol–water partition coefficient (Wildman–Crippen LogP) is 0.0984. The number of carboxylic acids is 1. The monoisotopic (exact) mass is 293 g/mol. The summed E-state index contributed by atoms with van der Waals surface area (Å²) in [4.78, 5) is 21.2. The van der Waals surface area contributed by atoms with Gasteiger partial charge < -0.3 is 15.7 Å². The minimum atomic E-state index is -1.21. The lowest BCUT2D eigenvalue weighted by molar-refractivity contribution is -0.105. The van der Waals surface area contributed by atoms with E-state index in [9.17, 15) is 9.59 Å². The van der Waals surface area contributed by atoms with Crippen molar-refractivity contribution in [3.8, 4) is 6.07 Å². The molecule has 1 rings (SSSR count). The summed E-state index contributed by atoms with van der Waals surface area (Å²) in [6, 6.07) is 5.75. The van der Waals surface area contributed by atoms with E-state index in [4.69, 9.17) is 22.1 Å². The van der Waals surface area contributed by atoms with Crippen LogP contribution in [0.25, 0.3) is 0 Å². The molecular weight excluding hydrogens is 282 g/mol. The molecule has 104 valence electrons. The summed E-state index contributed by atoms with van der Waals surface area (Å²) < 4.78 is 0.